The van der Waals surface area contributed by atoms with E-state index in [9.17, 15) is 30.9 Å². The minimum Gasteiger partial charge on any atom is -0.484 e. The predicted molar refractivity (Wildman–Crippen MR) is 89.8 cm³/mol. The van der Waals surface area contributed by atoms with Crippen LogP contribution >= 0.6 is 11.3 Å². The van der Waals surface area contributed by atoms with E-state index >= 15 is 0 Å². The summed E-state index contributed by atoms with van der Waals surface area (Å²) in [5.74, 6) is -0.119. The zero-order valence-corrected chi connectivity index (χ0v) is 15.3. The summed E-state index contributed by atoms with van der Waals surface area (Å²) in [4.78, 5) is 6.64. The fraction of sp³-hybridized carbons (Fsp3) is 0.235. The lowest BCUT2D eigenvalue weighted by Crippen LogP contribution is -2.43. The second-order valence-corrected chi connectivity index (χ2v) is 6.77. The van der Waals surface area contributed by atoms with Gasteiger partial charge in [0.05, 0.1) is 0 Å². The number of pyridine rings is 1. The number of hydrogen-bond acceptors (Lipinski definition) is 6. The number of nitrogens with zero attached hydrogens (tertiary/aromatic N) is 1. The Balaban J connectivity index is 1.67. The van der Waals surface area contributed by atoms with Gasteiger partial charge in [0.1, 0.15) is 5.75 Å². The van der Waals surface area contributed by atoms with Crippen molar-refractivity contribution in [1.82, 2.24) is 4.98 Å². The molecule has 0 amide bonds. The first-order valence-electron chi connectivity index (χ1n) is 7.89. The van der Waals surface area contributed by atoms with Crippen molar-refractivity contribution >= 4 is 21.4 Å². The number of ether oxygens (including phenoxy) is 3. The summed E-state index contributed by atoms with van der Waals surface area (Å²) >= 11 is 1.31. The summed E-state index contributed by atoms with van der Waals surface area (Å²) in [6.07, 6.45) is -12.6. The van der Waals surface area contributed by atoms with E-state index in [1.165, 1.54) is 23.5 Å². The Morgan fingerprint density at radius 3 is 2.37 bits per heavy atom. The molecule has 0 saturated heterocycles. The molecule has 3 rings (SSSR count). The third-order valence-electron chi connectivity index (χ3n) is 3.44. The maximum Gasteiger partial charge on any atom is 0.522 e. The van der Waals surface area contributed by atoms with Crippen LogP contribution < -0.4 is 4.74 Å². The van der Waals surface area contributed by atoms with Crippen LogP contribution in [-0.2, 0) is 14.4 Å². The largest absolute Gasteiger partial charge is 0.522 e. The number of halogens is 7. The van der Waals surface area contributed by atoms with Crippen LogP contribution in [0, 0.1) is 0 Å². The summed E-state index contributed by atoms with van der Waals surface area (Å²) in [5.41, 5.74) is 0.831. The zero-order valence-electron chi connectivity index (χ0n) is 14.5. The number of rotatable bonds is 9. The summed E-state index contributed by atoms with van der Waals surface area (Å²) < 4.78 is 99.7. The SMILES string of the molecule is FOC(F)(F)OC(F)(F)OC(F)(F)COc1ccc2cc(-c3cccnc3)sc2c1. The molecule has 5 nitrogen and oxygen atoms in total. The van der Waals surface area contributed by atoms with Gasteiger partial charge < -0.3 is 4.74 Å². The highest BCUT2D eigenvalue weighted by atomic mass is 32.1. The van der Waals surface area contributed by atoms with Gasteiger partial charge in [-0.2, -0.15) is 8.78 Å². The lowest BCUT2D eigenvalue weighted by atomic mass is 10.2. The van der Waals surface area contributed by atoms with Crippen molar-refractivity contribution in [2.45, 2.75) is 18.7 Å². The number of thiophene rings is 1. The monoisotopic (exact) mass is 457 g/mol. The van der Waals surface area contributed by atoms with Crippen LogP contribution in [0.4, 0.5) is 30.9 Å². The molecule has 0 saturated carbocycles. The van der Waals surface area contributed by atoms with Gasteiger partial charge in [-0.15, -0.1) is 28.9 Å². The Hall–Kier alpha value is -2.48. The fourth-order valence-electron chi connectivity index (χ4n) is 2.30. The summed E-state index contributed by atoms with van der Waals surface area (Å²) in [7, 11) is 0. The van der Waals surface area contributed by atoms with Crippen LogP contribution in [0.1, 0.15) is 0 Å². The Labute approximate surface area is 167 Å². The maximum atomic E-state index is 13.5. The molecule has 0 bridgehead atoms. The molecule has 2 aromatic heterocycles. The fourth-order valence-corrected chi connectivity index (χ4v) is 3.38. The molecule has 0 radical (unpaired) electrons. The van der Waals surface area contributed by atoms with Gasteiger partial charge in [-0.25, -0.2) is 9.47 Å². The Kier molecular flexibility index (Phi) is 6.17. The Morgan fingerprint density at radius 1 is 0.933 bits per heavy atom. The van der Waals surface area contributed by atoms with Gasteiger partial charge in [0.25, 0.3) is 0 Å². The molecule has 0 aliphatic carbocycles. The molecule has 162 valence electrons. The van der Waals surface area contributed by atoms with Crippen molar-refractivity contribution in [2.24, 2.45) is 0 Å². The van der Waals surface area contributed by atoms with Crippen molar-refractivity contribution in [1.29, 1.82) is 0 Å². The number of hydrogen-bond donors (Lipinski definition) is 0. The van der Waals surface area contributed by atoms with Gasteiger partial charge in [-0.05, 0) is 40.2 Å². The van der Waals surface area contributed by atoms with Crippen molar-refractivity contribution in [3.05, 3.63) is 48.8 Å². The number of aromatic nitrogens is 1. The topological polar surface area (TPSA) is 49.8 Å². The molecule has 3 aromatic rings. The lowest BCUT2D eigenvalue weighted by molar-refractivity contribution is -0.577. The predicted octanol–water partition coefficient (Wildman–Crippen LogP) is 5.97. The molecule has 13 heteroatoms. The molecule has 0 spiro atoms. The molecular formula is C17H10F7NO4S. The van der Waals surface area contributed by atoms with Crippen LogP contribution in [0.5, 0.6) is 5.75 Å². The normalized spacial score (nSPS) is 13.0. The molecule has 2 heterocycles. The van der Waals surface area contributed by atoms with E-state index in [4.69, 9.17) is 4.74 Å². The van der Waals surface area contributed by atoms with E-state index in [-0.39, 0.29) is 5.75 Å². The van der Waals surface area contributed by atoms with E-state index in [0.29, 0.717) is 4.70 Å². The number of alkyl halides is 6. The molecule has 0 unspecified atom stereocenters. The third-order valence-corrected chi connectivity index (χ3v) is 4.59. The Morgan fingerprint density at radius 2 is 1.70 bits per heavy atom. The minimum atomic E-state index is -5.57. The smallest absolute Gasteiger partial charge is 0.484 e. The van der Waals surface area contributed by atoms with Gasteiger partial charge in [0.2, 0.25) is 0 Å². The van der Waals surface area contributed by atoms with Crippen LogP contribution in [0.2, 0.25) is 0 Å². The van der Waals surface area contributed by atoms with Gasteiger partial charge in [-0.1, -0.05) is 11.0 Å². The average molecular weight is 457 g/mol. The van der Waals surface area contributed by atoms with Crippen molar-refractivity contribution in [2.75, 3.05) is 6.61 Å². The Bertz CT molecular complexity index is 1000. The first kappa shape index (κ1) is 22.2. The first-order chi connectivity index (χ1) is 14.0. The minimum absolute atomic E-state index is 0.119. The van der Waals surface area contributed by atoms with Gasteiger partial charge in [-0.3, -0.25) is 4.98 Å². The molecule has 0 fully saturated rings. The highest BCUT2D eigenvalue weighted by molar-refractivity contribution is 7.22. The molecule has 0 aliphatic heterocycles. The molecule has 1 aromatic carbocycles. The van der Waals surface area contributed by atoms with Crippen molar-refractivity contribution in [3.8, 4) is 16.2 Å². The maximum absolute atomic E-state index is 13.5. The quantitative estimate of drug-likeness (QED) is 0.293. The van der Waals surface area contributed by atoms with E-state index < -0.39 is 25.3 Å². The zero-order chi connectivity index (χ0) is 22.0. The third kappa shape index (κ3) is 5.78. The van der Waals surface area contributed by atoms with E-state index in [0.717, 1.165) is 15.8 Å². The molecule has 0 atom stereocenters. The van der Waals surface area contributed by atoms with Crippen LogP contribution in [0.25, 0.3) is 20.5 Å². The summed E-state index contributed by atoms with van der Waals surface area (Å²) in [6.45, 7) is -1.76. The van der Waals surface area contributed by atoms with Gasteiger partial charge in [0.15, 0.2) is 6.61 Å². The van der Waals surface area contributed by atoms with Crippen LogP contribution in [-0.4, -0.2) is 30.3 Å². The number of fused-ring (bicyclic) bond motifs is 1. The molecule has 30 heavy (non-hydrogen) atoms. The van der Waals surface area contributed by atoms with Crippen molar-refractivity contribution < 1.29 is 50.0 Å². The first-order valence-corrected chi connectivity index (χ1v) is 8.71. The molecule has 0 N–H and O–H groups in total. The van der Waals surface area contributed by atoms with Crippen LogP contribution in [0.3, 0.4) is 0 Å². The average Bonchev–Trinajstić information content (AvgIpc) is 3.09. The van der Waals surface area contributed by atoms with Gasteiger partial charge >= 0.3 is 18.7 Å². The van der Waals surface area contributed by atoms with E-state index in [1.807, 2.05) is 12.1 Å². The van der Waals surface area contributed by atoms with E-state index in [2.05, 4.69) is 14.5 Å². The molecule has 0 aliphatic rings. The van der Waals surface area contributed by atoms with Gasteiger partial charge in [0, 0.05) is 27.5 Å². The van der Waals surface area contributed by atoms with Crippen LogP contribution in [0.15, 0.2) is 48.8 Å². The second kappa shape index (κ2) is 8.34. The van der Waals surface area contributed by atoms with Crippen molar-refractivity contribution in [3.63, 3.8) is 0 Å². The molecular weight excluding hydrogens is 447 g/mol. The highest BCUT2D eigenvalue weighted by Gasteiger charge is 2.54. The highest BCUT2D eigenvalue weighted by Crippen LogP contribution is 2.37. The van der Waals surface area contributed by atoms with E-state index in [1.54, 1.807) is 29.5 Å². The summed E-state index contributed by atoms with van der Waals surface area (Å²) in [5, 5.41) is 0.766. The standard InChI is InChI=1S/C17H10F7NO4S/c18-15(19,27-16(20,21)28-17(22,23)29-24)9-26-12-4-3-10-6-13(30-14(10)7-12)11-2-1-5-25-8-11/h1-8H,9H2. The lowest BCUT2D eigenvalue weighted by Gasteiger charge is -2.24. The summed E-state index contributed by atoms with van der Waals surface area (Å²) in [6, 6.07) is 9.64. The second-order valence-electron chi connectivity index (χ2n) is 5.69. The number of benzene rings is 1.